The van der Waals surface area contributed by atoms with Gasteiger partial charge in [0.2, 0.25) is 0 Å². The van der Waals surface area contributed by atoms with Gasteiger partial charge in [-0.15, -0.1) is 0 Å². The molecule has 1 aromatic carbocycles. The molecule has 0 unspecified atom stereocenters. The van der Waals surface area contributed by atoms with E-state index < -0.39 is 23.2 Å². The number of carbonyl (C=O) groups excluding carboxylic acids is 2. The normalized spacial score (nSPS) is 20.8. The van der Waals surface area contributed by atoms with E-state index >= 15 is 0 Å². The van der Waals surface area contributed by atoms with Crippen molar-refractivity contribution in [2.24, 2.45) is 0 Å². The Balaban J connectivity index is 1.92. The Bertz CT molecular complexity index is 583. The van der Waals surface area contributed by atoms with Crippen LogP contribution in [0.25, 0.3) is 0 Å². The molecule has 4 nitrogen and oxygen atoms in total. The Labute approximate surface area is 114 Å². The predicted octanol–water partition coefficient (Wildman–Crippen LogP) is 2.33. The minimum absolute atomic E-state index is 0.0241. The summed E-state index contributed by atoms with van der Waals surface area (Å²) in [5.41, 5.74) is -0.639. The van der Waals surface area contributed by atoms with Crippen LogP contribution in [0.2, 0.25) is 0 Å². The highest BCUT2D eigenvalue weighted by molar-refractivity contribution is 6.07. The smallest absolute Gasteiger partial charge is 0.305 e. The van der Waals surface area contributed by atoms with E-state index in [1.807, 2.05) is 0 Å². The molecule has 1 heterocycles. The minimum atomic E-state index is -0.849. The maximum absolute atomic E-state index is 13.7. The van der Waals surface area contributed by atoms with Gasteiger partial charge in [0.05, 0.1) is 6.54 Å². The molecule has 3 amide bonds. The fraction of sp³-hybridized carbons (Fsp3) is 0.429. The summed E-state index contributed by atoms with van der Waals surface area (Å²) in [6.07, 6.45) is 2.91. The molecule has 2 fully saturated rings. The number of carbonyl (C=O) groups is 2. The molecule has 6 heteroatoms. The van der Waals surface area contributed by atoms with Crippen molar-refractivity contribution in [3.05, 3.63) is 35.4 Å². The van der Waals surface area contributed by atoms with Gasteiger partial charge in [0.1, 0.15) is 17.2 Å². The summed E-state index contributed by atoms with van der Waals surface area (Å²) in [5.74, 6) is -1.67. The number of hydrogen-bond acceptors (Lipinski definition) is 2. The lowest BCUT2D eigenvalue weighted by molar-refractivity contribution is -0.126. The van der Waals surface area contributed by atoms with Gasteiger partial charge in [-0.3, -0.25) is 10.1 Å². The van der Waals surface area contributed by atoms with E-state index in [9.17, 15) is 18.4 Å². The molecule has 1 saturated carbocycles. The van der Waals surface area contributed by atoms with Crippen LogP contribution in [0.3, 0.4) is 0 Å². The number of nitrogens with zero attached hydrogens (tertiary/aromatic N) is 1. The van der Waals surface area contributed by atoms with E-state index in [1.165, 1.54) is 11.0 Å². The van der Waals surface area contributed by atoms with Crippen molar-refractivity contribution >= 4 is 11.9 Å². The first-order valence-electron chi connectivity index (χ1n) is 6.60. The van der Waals surface area contributed by atoms with Crippen molar-refractivity contribution in [3.8, 4) is 0 Å². The van der Waals surface area contributed by atoms with Crippen molar-refractivity contribution < 1.29 is 18.4 Å². The van der Waals surface area contributed by atoms with Gasteiger partial charge in [-0.05, 0) is 18.9 Å². The maximum atomic E-state index is 13.7. The molecule has 0 atom stereocenters. The second-order valence-electron chi connectivity index (χ2n) is 5.32. The number of halogens is 2. The largest absolute Gasteiger partial charge is 0.325 e. The molecule has 1 spiro atoms. The summed E-state index contributed by atoms with van der Waals surface area (Å²) < 4.78 is 26.6. The van der Waals surface area contributed by atoms with Crippen LogP contribution in [0.5, 0.6) is 0 Å². The predicted molar refractivity (Wildman–Crippen MR) is 66.6 cm³/mol. The second kappa shape index (κ2) is 4.54. The second-order valence-corrected chi connectivity index (χ2v) is 5.32. The lowest BCUT2D eigenvalue weighted by atomic mass is 9.95. The van der Waals surface area contributed by atoms with Crippen molar-refractivity contribution in [2.75, 3.05) is 0 Å². The van der Waals surface area contributed by atoms with E-state index in [0.717, 1.165) is 25.0 Å². The third-order valence-corrected chi connectivity index (χ3v) is 4.18. The first kappa shape index (κ1) is 13.0. The topological polar surface area (TPSA) is 49.4 Å². The zero-order valence-electron chi connectivity index (χ0n) is 10.8. The first-order chi connectivity index (χ1) is 9.53. The third-order valence-electron chi connectivity index (χ3n) is 4.18. The van der Waals surface area contributed by atoms with Crippen LogP contribution in [-0.4, -0.2) is 22.4 Å². The van der Waals surface area contributed by atoms with E-state index in [2.05, 4.69) is 5.32 Å². The summed E-state index contributed by atoms with van der Waals surface area (Å²) in [4.78, 5) is 25.3. The van der Waals surface area contributed by atoms with Crippen LogP contribution in [0.4, 0.5) is 13.6 Å². The van der Waals surface area contributed by atoms with Gasteiger partial charge in [0.25, 0.3) is 5.91 Å². The average molecular weight is 280 g/mol. The molecule has 0 radical (unpaired) electrons. The molecule has 106 valence electrons. The third kappa shape index (κ3) is 1.87. The van der Waals surface area contributed by atoms with E-state index in [-0.39, 0.29) is 18.0 Å². The van der Waals surface area contributed by atoms with E-state index in [4.69, 9.17) is 0 Å². The Hall–Kier alpha value is -1.98. The van der Waals surface area contributed by atoms with Crippen LogP contribution in [0.15, 0.2) is 18.2 Å². The molecule has 2 aliphatic rings. The number of rotatable bonds is 2. The van der Waals surface area contributed by atoms with Gasteiger partial charge < -0.3 is 4.90 Å². The van der Waals surface area contributed by atoms with Crippen molar-refractivity contribution in [1.29, 1.82) is 0 Å². The Morgan fingerprint density at radius 3 is 2.55 bits per heavy atom. The molecule has 0 bridgehead atoms. The zero-order chi connectivity index (χ0) is 14.3. The lowest BCUT2D eigenvalue weighted by Crippen LogP contribution is -2.46. The van der Waals surface area contributed by atoms with E-state index in [0.29, 0.717) is 12.8 Å². The highest BCUT2D eigenvalue weighted by Crippen LogP contribution is 2.39. The summed E-state index contributed by atoms with van der Waals surface area (Å²) in [6, 6.07) is 2.74. The van der Waals surface area contributed by atoms with Gasteiger partial charge in [-0.25, -0.2) is 13.6 Å². The van der Waals surface area contributed by atoms with Crippen LogP contribution in [0.1, 0.15) is 31.2 Å². The van der Waals surface area contributed by atoms with Crippen LogP contribution in [-0.2, 0) is 11.3 Å². The summed E-state index contributed by atoms with van der Waals surface area (Å²) in [6.45, 7) is -0.0241. The van der Waals surface area contributed by atoms with Crippen LogP contribution < -0.4 is 5.32 Å². The number of amides is 3. The summed E-state index contributed by atoms with van der Waals surface area (Å²) in [5, 5.41) is 2.30. The highest BCUT2D eigenvalue weighted by Gasteiger charge is 2.54. The summed E-state index contributed by atoms with van der Waals surface area (Å²) in [7, 11) is 0. The number of hydrogen-bond donors (Lipinski definition) is 1. The molecule has 1 N–H and O–H groups in total. The van der Waals surface area contributed by atoms with Crippen molar-refractivity contribution in [1.82, 2.24) is 10.2 Å². The monoisotopic (exact) mass is 280 g/mol. The molecule has 1 aliphatic carbocycles. The van der Waals surface area contributed by atoms with Crippen LogP contribution in [0, 0.1) is 11.6 Å². The molecule has 1 aliphatic heterocycles. The molecule has 1 saturated heterocycles. The minimum Gasteiger partial charge on any atom is -0.305 e. The number of benzene rings is 1. The van der Waals surface area contributed by atoms with E-state index in [1.54, 1.807) is 0 Å². The standard InChI is InChI=1S/C14H14F2N2O2/c15-10-4-3-9(11(16)7-10)8-18-13(20)17-12(19)14(18)5-1-2-6-14/h3-4,7H,1-2,5-6,8H2,(H,17,19,20). The van der Waals surface area contributed by atoms with Gasteiger partial charge in [0, 0.05) is 11.6 Å². The molecule has 0 aromatic heterocycles. The average Bonchev–Trinajstić information content (AvgIpc) is 2.95. The molecule has 1 aromatic rings. The lowest BCUT2D eigenvalue weighted by Gasteiger charge is -2.31. The molecule has 20 heavy (non-hydrogen) atoms. The fourth-order valence-electron chi connectivity index (χ4n) is 3.10. The Morgan fingerprint density at radius 1 is 1.20 bits per heavy atom. The quantitative estimate of drug-likeness (QED) is 0.845. The Kier molecular flexibility index (Phi) is 2.96. The van der Waals surface area contributed by atoms with Gasteiger partial charge in [0.15, 0.2) is 0 Å². The van der Waals surface area contributed by atoms with Crippen molar-refractivity contribution in [2.45, 2.75) is 37.8 Å². The fourth-order valence-corrected chi connectivity index (χ4v) is 3.10. The number of nitrogens with one attached hydrogen (secondary N) is 1. The molecular weight excluding hydrogens is 266 g/mol. The molecule has 3 rings (SSSR count). The van der Waals surface area contributed by atoms with Gasteiger partial charge in [-0.2, -0.15) is 0 Å². The SMILES string of the molecule is O=C1NC(=O)C2(CCCC2)N1Cc1ccc(F)cc1F. The van der Waals surface area contributed by atoms with Gasteiger partial charge >= 0.3 is 6.03 Å². The summed E-state index contributed by atoms with van der Waals surface area (Å²) >= 11 is 0. The molecular formula is C14H14F2N2O2. The Morgan fingerprint density at radius 2 is 1.90 bits per heavy atom. The van der Waals surface area contributed by atoms with Crippen molar-refractivity contribution in [3.63, 3.8) is 0 Å². The zero-order valence-corrected chi connectivity index (χ0v) is 10.8. The maximum Gasteiger partial charge on any atom is 0.325 e. The van der Waals surface area contributed by atoms with Crippen LogP contribution >= 0.6 is 0 Å². The number of urea groups is 1. The number of imide groups is 1. The highest BCUT2D eigenvalue weighted by atomic mass is 19.1. The first-order valence-corrected chi connectivity index (χ1v) is 6.60. The van der Waals surface area contributed by atoms with Gasteiger partial charge in [-0.1, -0.05) is 18.9 Å².